The van der Waals surface area contributed by atoms with Crippen LogP contribution in [0.25, 0.3) is 0 Å². The highest BCUT2D eigenvalue weighted by molar-refractivity contribution is 5.70. The van der Waals surface area contributed by atoms with Gasteiger partial charge in [0.25, 0.3) is 0 Å². The number of alkyl carbamates (subject to hydrolysis) is 1. The van der Waals surface area contributed by atoms with E-state index in [1.807, 2.05) is 20.8 Å². The van der Waals surface area contributed by atoms with Crippen LogP contribution in [0.5, 0.6) is 5.75 Å². The summed E-state index contributed by atoms with van der Waals surface area (Å²) >= 11 is 0. The van der Waals surface area contributed by atoms with Gasteiger partial charge in [-0.15, -0.1) is 0 Å². The molecular formula is C21H31NO5. The molecule has 1 aromatic carbocycles. The van der Waals surface area contributed by atoms with Crippen LogP contribution >= 0.6 is 0 Å². The van der Waals surface area contributed by atoms with Gasteiger partial charge < -0.3 is 19.9 Å². The number of aryl methyl sites for hydroxylation is 1. The molecule has 1 aromatic rings. The highest BCUT2D eigenvalue weighted by Crippen LogP contribution is 2.21. The first-order valence-corrected chi connectivity index (χ1v) is 9.69. The lowest BCUT2D eigenvalue weighted by atomic mass is 9.96. The van der Waals surface area contributed by atoms with Gasteiger partial charge in [-0.1, -0.05) is 25.3 Å². The van der Waals surface area contributed by atoms with Gasteiger partial charge in [0, 0.05) is 12.5 Å². The lowest BCUT2D eigenvalue weighted by Crippen LogP contribution is -2.36. The molecule has 0 spiro atoms. The number of hydrogen-bond donors (Lipinski definition) is 2. The van der Waals surface area contributed by atoms with Crippen molar-refractivity contribution in [2.24, 2.45) is 0 Å². The third kappa shape index (κ3) is 7.89. The molecule has 1 aliphatic carbocycles. The standard InChI is InChI=1S/C21H31NO5/c1-21(2,3)27-19(24)12-10-15-9-11-18(23)13-16(15)14-26-20(25)22-17-7-5-4-6-8-17/h9,11,13,17,23H,4-8,10,12,14H2,1-3H3,(H,22,25). The maximum Gasteiger partial charge on any atom is 0.407 e. The normalized spacial score (nSPS) is 15.2. The molecule has 1 fully saturated rings. The number of aromatic hydroxyl groups is 1. The highest BCUT2D eigenvalue weighted by Gasteiger charge is 2.18. The maximum atomic E-state index is 12.0. The van der Waals surface area contributed by atoms with E-state index in [1.165, 1.54) is 6.42 Å². The predicted octanol–water partition coefficient (Wildman–Crippen LogP) is 4.23. The first-order valence-electron chi connectivity index (χ1n) is 9.69. The number of amides is 1. The Morgan fingerprint density at radius 2 is 1.85 bits per heavy atom. The van der Waals surface area contributed by atoms with Gasteiger partial charge in [0.1, 0.15) is 18.0 Å². The Morgan fingerprint density at radius 1 is 1.15 bits per heavy atom. The smallest absolute Gasteiger partial charge is 0.407 e. The minimum atomic E-state index is -0.519. The van der Waals surface area contributed by atoms with Crippen LogP contribution in [0.15, 0.2) is 18.2 Å². The first-order chi connectivity index (χ1) is 12.7. The molecule has 6 nitrogen and oxygen atoms in total. The number of carbonyl (C=O) groups is 2. The molecule has 0 aromatic heterocycles. The SMILES string of the molecule is CC(C)(C)OC(=O)CCc1ccc(O)cc1COC(=O)NC1CCCCC1. The van der Waals surface area contributed by atoms with Gasteiger partial charge >= 0.3 is 12.1 Å². The Morgan fingerprint density at radius 3 is 2.52 bits per heavy atom. The van der Waals surface area contributed by atoms with Crippen LogP contribution in [0, 0.1) is 0 Å². The summed E-state index contributed by atoms with van der Waals surface area (Å²) in [4.78, 5) is 24.0. The summed E-state index contributed by atoms with van der Waals surface area (Å²) in [5, 5.41) is 12.6. The molecule has 2 rings (SSSR count). The van der Waals surface area contributed by atoms with E-state index in [1.54, 1.807) is 18.2 Å². The van der Waals surface area contributed by atoms with Crippen molar-refractivity contribution >= 4 is 12.1 Å². The van der Waals surface area contributed by atoms with Crippen molar-refractivity contribution in [2.45, 2.75) is 84.0 Å². The minimum Gasteiger partial charge on any atom is -0.508 e. The highest BCUT2D eigenvalue weighted by atomic mass is 16.6. The molecule has 150 valence electrons. The van der Waals surface area contributed by atoms with Crippen molar-refractivity contribution in [3.8, 4) is 5.75 Å². The summed E-state index contributed by atoms with van der Waals surface area (Å²) in [5.41, 5.74) is 1.02. The second-order valence-electron chi connectivity index (χ2n) is 8.09. The molecule has 0 atom stereocenters. The fraction of sp³-hybridized carbons (Fsp3) is 0.619. The van der Waals surface area contributed by atoms with E-state index in [9.17, 15) is 14.7 Å². The Hall–Kier alpha value is -2.24. The molecular weight excluding hydrogens is 346 g/mol. The molecule has 0 unspecified atom stereocenters. The number of benzene rings is 1. The largest absolute Gasteiger partial charge is 0.508 e. The lowest BCUT2D eigenvalue weighted by molar-refractivity contribution is -0.154. The van der Waals surface area contributed by atoms with E-state index in [-0.39, 0.29) is 30.8 Å². The molecule has 1 saturated carbocycles. The Balaban J connectivity index is 1.88. The van der Waals surface area contributed by atoms with E-state index in [2.05, 4.69) is 5.32 Å². The van der Waals surface area contributed by atoms with Crippen molar-refractivity contribution in [2.75, 3.05) is 0 Å². The monoisotopic (exact) mass is 377 g/mol. The molecule has 2 N–H and O–H groups in total. The van der Waals surface area contributed by atoms with Crippen LogP contribution in [-0.2, 0) is 27.3 Å². The summed E-state index contributed by atoms with van der Waals surface area (Å²) in [6, 6.07) is 5.06. The Kier molecular flexibility index (Phi) is 7.51. The molecule has 27 heavy (non-hydrogen) atoms. The zero-order valence-corrected chi connectivity index (χ0v) is 16.5. The van der Waals surface area contributed by atoms with Crippen molar-refractivity contribution in [3.05, 3.63) is 29.3 Å². The number of ether oxygens (including phenoxy) is 2. The Bertz CT molecular complexity index is 644. The molecule has 6 heteroatoms. The number of phenolic OH excluding ortho intramolecular Hbond substituents is 1. The van der Waals surface area contributed by atoms with E-state index < -0.39 is 11.7 Å². The number of rotatable bonds is 6. The quantitative estimate of drug-likeness (QED) is 0.725. The van der Waals surface area contributed by atoms with Crippen molar-refractivity contribution in [1.82, 2.24) is 5.32 Å². The molecule has 0 heterocycles. The van der Waals surface area contributed by atoms with Gasteiger partial charge in [0.15, 0.2) is 0 Å². The van der Waals surface area contributed by atoms with Crippen LogP contribution in [0.3, 0.4) is 0 Å². The molecule has 0 bridgehead atoms. The van der Waals surface area contributed by atoms with Crippen LogP contribution < -0.4 is 5.32 Å². The first kappa shape index (κ1) is 21.1. The predicted molar refractivity (Wildman–Crippen MR) is 102 cm³/mol. The van der Waals surface area contributed by atoms with Crippen molar-refractivity contribution in [3.63, 3.8) is 0 Å². The van der Waals surface area contributed by atoms with Crippen LogP contribution in [-0.4, -0.2) is 28.8 Å². The van der Waals surface area contributed by atoms with Crippen molar-refractivity contribution < 1.29 is 24.2 Å². The fourth-order valence-electron chi connectivity index (χ4n) is 3.22. The minimum absolute atomic E-state index is 0.0522. The van der Waals surface area contributed by atoms with Gasteiger partial charge in [-0.05, 0) is 63.3 Å². The van der Waals surface area contributed by atoms with Crippen molar-refractivity contribution in [1.29, 1.82) is 0 Å². The fourth-order valence-corrected chi connectivity index (χ4v) is 3.22. The third-order valence-electron chi connectivity index (χ3n) is 4.49. The summed E-state index contributed by atoms with van der Waals surface area (Å²) in [6.07, 6.45) is 5.70. The average Bonchev–Trinajstić information content (AvgIpc) is 2.58. The number of esters is 1. The molecule has 1 amide bonds. The summed E-state index contributed by atoms with van der Waals surface area (Å²) in [7, 11) is 0. The van der Waals surface area contributed by atoms with E-state index in [0.29, 0.717) is 12.0 Å². The van der Waals surface area contributed by atoms with Crippen LogP contribution in [0.1, 0.15) is 70.4 Å². The molecule has 0 aliphatic heterocycles. The number of carbonyl (C=O) groups excluding carboxylic acids is 2. The summed E-state index contributed by atoms with van der Waals surface area (Å²) < 4.78 is 10.7. The van der Waals surface area contributed by atoms with Gasteiger partial charge in [-0.25, -0.2) is 4.79 Å². The van der Waals surface area contributed by atoms with E-state index >= 15 is 0 Å². The average molecular weight is 377 g/mol. The second-order valence-corrected chi connectivity index (χ2v) is 8.09. The molecule has 0 saturated heterocycles. The number of nitrogens with one attached hydrogen (secondary N) is 1. The van der Waals surface area contributed by atoms with E-state index in [4.69, 9.17) is 9.47 Å². The third-order valence-corrected chi connectivity index (χ3v) is 4.49. The zero-order valence-electron chi connectivity index (χ0n) is 16.5. The van der Waals surface area contributed by atoms with Gasteiger partial charge in [-0.3, -0.25) is 4.79 Å². The summed E-state index contributed by atoms with van der Waals surface area (Å²) in [6.45, 7) is 5.54. The molecule has 0 radical (unpaired) electrons. The number of phenols is 1. The van der Waals surface area contributed by atoms with Gasteiger partial charge in [-0.2, -0.15) is 0 Å². The maximum absolute atomic E-state index is 12.0. The van der Waals surface area contributed by atoms with Crippen LogP contribution in [0.4, 0.5) is 4.79 Å². The lowest BCUT2D eigenvalue weighted by Gasteiger charge is -2.22. The summed E-state index contributed by atoms with van der Waals surface area (Å²) in [5.74, 6) is -0.181. The zero-order chi connectivity index (χ0) is 19.9. The molecule has 1 aliphatic rings. The second kappa shape index (κ2) is 9.62. The topological polar surface area (TPSA) is 84.9 Å². The number of hydrogen-bond acceptors (Lipinski definition) is 5. The van der Waals surface area contributed by atoms with Gasteiger partial charge in [0.2, 0.25) is 0 Å². The van der Waals surface area contributed by atoms with Gasteiger partial charge in [0.05, 0.1) is 0 Å². The van der Waals surface area contributed by atoms with Crippen LogP contribution in [0.2, 0.25) is 0 Å². The van der Waals surface area contributed by atoms with E-state index in [0.717, 1.165) is 31.2 Å². The Labute approximate surface area is 161 Å².